The van der Waals surface area contributed by atoms with Crippen LogP contribution in [0.25, 0.3) is 0 Å². The van der Waals surface area contributed by atoms with E-state index in [0.29, 0.717) is 5.76 Å². The Morgan fingerprint density at radius 2 is 2.20 bits per heavy atom. The largest absolute Gasteiger partial charge is 0.465 e. The zero-order valence-electron chi connectivity index (χ0n) is 8.45. The Balaban J connectivity index is 2.36. The maximum Gasteiger partial charge on any atom is 0.151 e. The lowest BCUT2D eigenvalue weighted by molar-refractivity contribution is 0.192. The first kappa shape index (κ1) is 10.9. The minimum atomic E-state index is -0.674. The molecule has 2 heterocycles. The molecule has 0 aliphatic rings. The fourth-order valence-corrected chi connectivity index (χ4v) is 2.81. The number of hydrogen-bond donors (Lipinski definition) is 1. The minimum Gasteiger partial charge on any atom is -0.465 e. The summed E-state index contributed by atoms with van der Waals surface area (Å²) in [4.78, 5) is 2.15. The standard InChI is InChI=1S/C11H11BrO2S/c1-6-5-9(15-7(6)2)10(13)11-8(12)3-4-14-11/h3-5,10,13H,1-2H3. The zero-order valence-corrected chi connectivity index (χ0v) is 10.9. The van der Waals surface area contributed by atoms with E-state index in [1.807, 2.05) is 19.9 Å². The molecule has 0 fully saturated rings. The highest BCUT2D eigenvalue weighted by Gasteiger charge is 2.19. The molecule has 2 aromatic rings. The number of rotatable bonds is 2. The molecule has 0 saturated heterocycles. The highest BCUT2D eigenvalue weighted by Crippen LogP contribution is 2.34. The second kappa shape index (κ2) is 4.12. The van der Waals surface area contributed by atoms with E-state index in [9.17, 15) is 5.11 Å². The molecule has 0 aliphatic carbocycles. The third-order valence-electron chi connectivity index (χ3n) is 2.35. The van der Waals surface area contributed by atoms with Gasteiger partial charge in [0.05, 0.1) is 10.7 Å². The van der Waals surface area contributed by atoms with Gasteiger partial charge in [-0.2, -0.15) is 0 Å². The van der Waals surface area contributed by atoms with Gasteiger partial charge in [0.15, 0.2) is 5.76 Å². The Morgan fingerprint density at radius 1 is 1.47 bits per heavy atom. The van der Waals surface area contributed by atoms with Crippen molar-refractivity contribution in [3.63, 3.8) is 0 Å². The van der Waals surface area contributed by atoms with E-state index < -0.39 is 6.10 Å². The summed E-state index contributed by atoms with van der Waals surface area (Å²) in [5.74, 6) is 0.566. The van der Waals surface area contributed by atoms with Gasteiger partial charge in [-0.15, -0.1) is 11.3 Å². The molecule has 0 bridgehead atoms. The number of aliphatic hydroxyl groups excluding tert-OH is 1. The fourth-order valence-electron chi connectivity index (χ4n) is 1.37. The second-order valence-electron chi connectivity index (χ2n) is 3.42. The van der Waals surface area contributed by atoms with Gasteiger partial charge < -0.3 is 9.52 Å². The monoisotopic (exact) mass is 286 g/mol. The van der Waals surface area contributed by atoms with E-state index >= 15 is 0 Å². The van der Waals surface area contributed by atoms with E-state index in [1.54, 1.807) is 23.7 Å². The lowest BCUT2D eigenvalue weighted by Crippen LogP contribution is -1.95. The highest BCUT2D eigenvalue weighted by molar-refractivity contribution is 9.10. The molecule has 1 unspecified atom stereocenters. The lowest BCUT2D eigenvalue weighted by Gasteiger charge is -2.05. The third-order valence-corrected chi connectivity index (χ3v) is 4.21. The number of hydrogen-bond acceptors (Lipinski definition) is 3. The van der Waals surface area contributed by atoms with Crippen molar-refractivity contribution < 1.29 is 9.52 Å². The van der Waals surface area contributed by atoms with Crippen LogP contribution in [0.4, 0.5) is 0 Å². The van der Waals surface area contributed by atoms with E-state index in [-0.39, 0.29) is 0 Å². The van der Waals surface area contributed by atoms with E-state index in [4.69, 9.17) is 4.42 Å². The summed E-state index contributed by atoms with van der Waals surface area (Å²) in [5.41, 5.74) is 1.21. The number of halogens is 1. The van der Waals surface area contributed by atoms with Crippen molar-refractivity contribution >= 4 is 27.3 Å². The van der Waals surface area contributed by atoms with Crippen molar-refractivity contribution in [2.45, 2.75) is 20.0 Å². The maximum atomic E-state index is 10.1. The molecule has 80 valence electrons. The Morgan fingerprint density at radius 3 is 2.67 bits per heavy atom. The van der Waals surface area contributed by atoms with Crippen LogP contribution in [0.5, 0.6) is 0 Å². The predicted octanol–water partition coefficient (Wildman–Crippen LogP) is 3.80. The number of thiophene rings is 1. The summed E-state index contributed by atoms with van der Waals surface area (Å²) < 4.78 is 6.04. The summed E-state index contributed by atoms with van der Waals surface area (Å²) in [6, 6.07) is 3.78. The average Bonchev–Trinajstić information content (AvgIpc) is 2.74. The lowest BCUT2D eigenvalue weighted by atomic mass is 10.2. The van der Waals surface area contributed by atoms with Crippen LogP contribution in [0.15, 0.2) is 27.3 Å². The van der Waals surface area contributed by atoms with Gasteiger partial charge in [0.1, 0.15) is 6.10 Å². The fraction of sp³-hybridized carbons (Fsp3) is 0.273. The Kier molecular flexibility index (Phi) is 3.00. The predicted molar refractivity (Wildman–Crippen MR) is 64.3 cm³/mol. The SMILES string of the molecule is Cc1cc(C(O)c2occc2Br)sc1C. The summed E-state index contributed by atoms with van der Waals surface area (Å²) >= 11 is 4.94. The Labute approximate surface area is 101 Å². The Hall–Kier alpha value is -0.580. The molecule has 4 heteroatoms. The summed E-state index contributed by atoms with van der Waals surface area (Å²) in [6.45, 7) is 4.09. The Bertz CT molecular complexity index is 453. The molecule has 15 heavy (non-hydrogen) atoms. The van der Waals surface area contributed by atoms with Crippen molar-refractivity contribution in [3.05, 3.63) is 43.9 Å². The molecule has 2 aromatic heterocycles. The first-order valence-corrected chi connectivity index (χ1v) is 6.18. The summed E-state index contributed by atoms with van der Waals surface area (Å²) in [6.07, 6.45) is 0.891. The molecule has 2 rings (SSSR count). The van der Waals surface area contributed by atoms with Gasteiger partial charge in [-0.05, 0) is 47.5 Å². The van der Waals surface area contributed by atoms with E-state index in [0.717, 1.165) is 9.35 Å². The van der Waals surface area contributed by atoms with Crippen molar-refractivity contribution in [2.24, 2.45) is 0 Å². The van der Waals surface area contributed by atoms with E-state index in [1.165, 1.54) is 10.4 Å². The summed E-state index contributed by atoms with van der Waals surface area (Å²) in [7, 11) is 0. The first-order chi connectivity index (χ1) is 7.09. The molecule has 0 radical (unpaired) electrons. The number of furan rings is 1. The molecule has 0 spiro atoms. The van der Waals surface area contributed by atoms with Gasteiger partial charge >= 0.3 is 0 Å². The van der Waals surface area contributed by atoms with Crippen LogP contribution in [0.3, 0.4) is 0 Å². The number of aryl methyl sites for hydroxylation is 2. The molecule has 0 saturated carbocycles. The summed E-state index contributed by atoms with van der Waals surface area (Å²) in [5, 5.41) is 10.1. The molecular weight excluding hydrogens is 276 g/mol. The van der Waals surface area contributed by atoms with Crippen LogP contribution >= 0.6 is 27.3 Å². The maximum absolute atomic E-state index is 10.1. The van der Waals surface area contributed by atoms with Gasteiger partial charge in [0, 0.05) is 9.75 Å². The molecular formula is C11H11BrO2S. The van der Waals surface area contributed by atoms with Gasteiger partial charge in [-0.25, -0.2) is 0 Å². The van der Waals surface area contributed by atoms with Crippen LogP contribution < -0.4 is 0 Å². The molecule has 1 N–H and O–H groups in total. The normalized spacial score (nSPS) is 13.1. The van der Waals surface area contributed by atoms with Gasteiger partial charge in [-0.1, -0.05) is 0 Å². The first-order valence-electron chi connectivity index (χ1n) is 4.57. The molecule has 0 amide bonds. The quantitative estimate of drug-likeness (QED) is 0.911. The topological polar surface area (TPSA) is 33.4 Å². The van der Waals surface area contributed by atoms with Crippen molar-refractivity contribution in [1.82, 2.24) is 0 Å². The smallest absolute Gasteiger partial charge is 0.151 e. The van der Waals surface area contributed by atoms with Crippen molar-refractivity contribution in [3.8, 4) is 0 Å². The van der Waals surface area contributed by atoms with E-state index in [2.05, 4.69) is 15.9 Å². The van der Waals surface area contributed by atoms with Crippen LogP contribution in [-0.4, -0.2) is 5.11 Å². The zero-order chi connectivity index (χ0) is 11.0. The van der Waals surface area contributed by atoms with Gasteiger partial charge in [0.25, 0.3) is 0 Å². The molecule has 0 aliphatic heterocycles. The van der Waals surface area contributed by atoms with Crippen LogP contribution in [0.2, 0.25) is 0 Å². The molecule has 0 aromatic carbocycles. The second-order valence-corrected chi connectivity index (χ2v) is 5.57. The average molecular weight is 287 g/mol. The molecule has 1 atom stereocenters. The van der Waals surface area contributed by atoms with Crippen LogP contribution in [-0.2, 0) is 0 Å². The van der Waals surface area contributed by atoms with Crippen LogP contribution in [0, 0.1) is 13.8 Å². The number of aliphatic hydroxyl groups is 1. The van der Waals surface area contributed by atoms with Crippen molar-refractivity contribution in [2.75, 3.05) is 0 Å². The minimum absolute atomic E-state index is 0.566. The van der Waals surface area contributed by atoms with Gasteiger partial charge in [0.2, 0.25) is 0 Å². The highest BCUT2D eigenvalue weighted by atomic mass is 79.9. The van der Waals surface area contributed by atoms with Crippen LogP contribution in [0.1, 0.15) is 27.2 Å². The third kappa shape index (κ3) is 2.02. The van der Waals surface area contributed by atoms with Gasteiger partial charge in [-0.3, -0.25) is 0 Å². The molecule has 2 nitrogen and oxygen atoms in total. The van der Waals surface area contributed by atoms with Crippen molar-refractivity contribution in [1.29, 1.82) is 0 Å².